The number of hydrogen-bond acceptors (Lipinski definition) is 1. The zero-order valence-corrected chi connectivity index (χ0v) is 28.7. The molecule has 0 saturated heterocycles. The highest BCUT2D eigenvalue weighted by Gasteiger charge is 2.68. The minimum Gasteiger partial charge on any atom is -0.291 e. The molecule has 0 radical (unpaired) electrons. The van der Waals surface area contributed by atoms with Crippen LogP contribution in [-0.4, -0.2) is 23.0 Å². The Morgan fingerprint density at radius 3 is 1.03 bits per heavy atom. The van der Waals surface area contributed by atoms with E-state index in [9.17, 15) is 0 Å². The Kier molecular flexibility index (Phi) is 12.7. The van der Waals surface area contributed by atoms with Crippen LogP contribution >= 0.6 is 0 Å². The minimum atomic E-state index is 0.280. The molecule has 0 bridgehead atoms. The Balaban J connectivity index is 0. The summed E-state index contributed by atoms with van der Waals surface area (Å²) >= 11 is 0. The first-order chi connectivity index (χ1) is 14.8. The summed E-state index contributed by atoms with van der Waals surface area (Å²) in [7, 11) is 0. The van der Waals surface area contributed by atoms with Gasteiger partial charge in [0.1, 0.15) is 0 Å². The Morgan fingerprint density at radius 1 is 0.571 bits per heavy atom. The maximum absolute atomic E-state index is 2.62. The summed E-state index contributed by atoms with van der Waals surface area (Å²) in [5.41, 5.74) is 3.19. The van der Waals surface area contributed by atoms with Crippen molar-refractivity contribution in [3.05, 3.63) is 12.2 Å². The molecular formula is C34H71N. The molecular weight excluding hydrogens is 422 g/mol. The first kappa shape index (κ1) is 36.9. The van der Waals surface area contributed by atoms with Crippen molar-refractivity contribution in [1.82, 2.24) is 4.90 Å². The molecule has 0 aromatic carbocycles. The van der Waals surface area contributed by atoms with Gasteiger partial charge in [-0.15, -0.1) is 0 Å². The van der Waals surface area contributed by atoms with Crippen molar-refractivity contribution >= 4 is 0 Å². The van der Waals surface area contributed by atoms with Gasteiger partial charge in [-0.1, -0.05) is 137 Å². The molecule has 1 saturated carbocycles. The van der Waals surface area contributed by atoms with E-state index in [0.717, 1.165) is 5.92 Å². The second-order valence-electron chi connectivity index (χ2n) is 18.6. The Bertz CT molecular complexity index is 589. The predicted molar refractivity (Wildman–Crippen MR) is 164 cm³/mol. The van der Waals surface area contributed by atoms with Crippen molar-refractivity contribution in [2.24, 2.45) is 38.4 Å². The average Bonchev–Trinajstić information content (AvgIpc) is 2.92. The Labute approximate surface area is 225 Å². The smallest absolute Gasteiger partial charge is 0.0332 e. The second kappa shape index (κ2) is 12.0. The van der Waals surface area contributed by atoms with Crippen LogP contribution < -0.4 is 0 Å². The number of hydrogen-bond donors (Lipinski definition) is 0. The topological polar surface area (TPSA) is 3.24 Å². The second-order valence-corrected chi connectivity index (χ2v) is 18.6. The van der Waals surface area contributed by atoms with E-state index in [2.05, 4.69) is 162 Å². The lowest BCUT2D eigenvalue weighted by atomic mass is 9.81. The molecule has 0 amide bonds. The van der Waals surface area contributed by atoms with E-state index in [1.807, 2.05) is 0 Å². The minimum absolute atomic E-state index is 0.280. The molecule has 1 nitrogen and oxygen atoms in total. The molecule has 0 aromatic rings. The summed E-state index contributed by atoms with van der Waals surface area (Å²) in [5.74, 6) is 0.877. The van der Waals surface area contributed by atoms with Gasteiger partial charge < -0.3 is 0 Å². The molecule has 2 rings (SSSR count). The lowest BCUT2D eigenvalue weighted by molar-refractivity contribution is 0.0444. The molecule has 1 fully saturated rings. The van der Waals surface area contributed by atoms with Gasteiger partial charge in [0, 0.05) is 18.1 Å². The van der Waals surface area contributed by atoms with Gasteiger partial charge >= 0.3 is 0 Å². The highest BCUT2D eigenvalue weighted by molar-refractivity contribution is 5.15. The highest BCUT2D eigenvalue weighted by Crippen LogP contribution is 2.73. The van der Waals surface area contributed by atoms with E-state index in [1.54, 1.807) is 0 Å². The van der Waals surface area contributed by atoms with E-state index in [1.165, 1.54) is 13.0 Å². The third kappa shape index (κ3) is 14.9. The quantitative estimate of drug-likeness (QED) is 0.303. The standard InChI is InChI=1S/C13H25N.C11H22.2C5H12/c1-12(2,3)11-9-7-8-10-14(11)13(4,5)6;1-9(2,3)8-10(4,5)11(8,6)7;2*1-5(2,3)4/h7,9,11H,8,10H2,1-6H3;8H,1-7H3;2*1-4H3. The van der Waals surface area contributed by atoms with Crippen LogP contribution in [0.25, 0.3) is 0 Å². The summed E-state index contributed by atoms with van der Waals surface area (Å²) in [6.45, 7) is 49.2. The van der Waals surface area contributed by atoms with E-state index in [0.29, 0.717) is 38.5 Å². The third-order valence-corrected chi connectivity index (χ3v) is 6.83. The van der Waals surface area contributed by atoms with Crippen LogP contribution in [0.1, 0.15) is 152 Å². The van der Waals surface area contributed by atoms with Gasteiger partial charge in [0.2, 0.25) is 0 Å². The molecule has 0 aromatic heterocycles. The average molecular weight is 494 g/mol. The molecule has 2 aliphatic rings. The Hall–Kier alpha value is -0.300. The van der Waals surface area contributed by atoms with Crippen LogP contribution in [0.2, 0.25) is 0 Å². The zero-order valence-electron chi connectivity index (χ0n) is 28.7. The molecule has 0 N–H and O–H groups in total. The van der Waals surface area contributed by atoms with Gasteiger partial charge in [-0.25, -0.2) is 0 Å². The van der Waals surface area contributed by atoms with Gasteiger partial charge in [0.05, 0.1) is 0 Å². The summed E-state index contributed by atoms with van der Waals surface area (Å²) in [5, 5.41) is 0. The van der Waals surface area contributed by atoms with Gasteiger partial charge in [-0.2, -0.15) is 0 Å². The first-order valence-electron chi connectivity index (χ1n) is 14.3. The molecule has 1 aliphatic carbocycles. The summed E-state index contributed by atoms with van der Waals surface area (Å²) in [6.07, 6.45) is 5.91. The van der Waals surface area contributed by atoms with Gasteiger partial charge in [-0.3, -0.25) is 4.90 Å². The van der Waals surface area contributed by atoms with Crippen molar-refractivity contribution in [2.45, 2.75) is 163 Å². The Morgan fingerprint density at radius 2 is 0.886 bits per heavy atom. The largest absolute Gasteiger partial charge is 0.291 e. The summed E-state index contributed by atoms with van der Waals surface area (Å²) in [4.78, 5) is 2.62. The van der Waals surface area contributed by atoms with Crippen LogP contribution in [0, 0.1) is 38.4 Å². The number of nitrogens with zero attached hydrogens (tertiary/aromatic N) is 1. The lowest BCUT2D eigenvalue weighted by Crippen LogP contribution is -2.53. The normalized spacial score (nSPS) is 22.6. The van der Waals surface area contributed by atoms with Crippen LogP contribution in [-0.2, 0) is 0 Å². The van der Waals surface area contributed by atoms with E-state index < -0.39 is 0 Å². The maximum atomic E-state index is 2.62. The fourth-order valence-electron chi connectivity index (χ4n) is 5.55. The van der Waals surface area contributed by atoms with E-state index in [-0.39, 0.29) is 5.54 Å². The highest BCUT2D eigenvalue weighted by atomic mass is 15.2. The SMILES string of the molecule is CC(C)(C)C.CC(C)(C)C.CC(C)(C)C1C(C)(C)C1(C)C.CC(C)(C)C1C=CCCN1C(C)(C)C. The van der Waals surface area contributed by atoms with Crippen LogP contribution in [0.3, 0.4) is 0 Å². The van der Waals surface area contributed by atoms with Crippen LogP contribution in [0.4, 0.5) is 0 Å². The molecule has 1 heteroatoms. The van der Waals surface area contributed by atoms with Crippen molar-refractivity contribution in [1.29, 1.82) is 0 Å². The maximum Gasteiger partial charge on any atom is 0.0332 e. The van der Waals surface area contributed by atoms with Crippen molar-refractivity contribution < 1.29 is 0 Å². The lowest BCUT2D eigenvalue weighted by Gasteiger charge is -2.47. The molecule has 1 atom stereocenters. The fraction of sp³-hybridized carbons (Fsp3) is 0.941. The monoisotopic (exact) mass is 494 g/mol. The third-order valence-electron chi connectivity index (χ3n) is 6.83. The fourth-order valence-corrected chi connectivity index (χ4v) is 5.55. The molecule has 35 heavy (non-hydrogen) atoms. The van der Waals surface area contributed by atoms with Gasteiger partial charge in [-0.05, 0) is 65.6 Å². The van der Waals surface area contributed by atoms with E-state index in [4.69, 9.17) is 0 Å². The van der Waals surface area contributed by atoms with Crippen LogP contribution in [0.15, 0.2) is 12.2 Å². The molecule has 212 valence electrons. The number of rotatable bonds is 0. The molecule has 1 heterocycles. The molecule has 0 spiro atoms. The van der Waals surface area contributed by atoms with Crippen molar-refractivity contribution in [3.63, 3.8) is 0 Å². The molecule has 1 aliphatic heterocycles. The van der Waals surface area contributed by atoms with Gasteiger partial charge in [0.15, 0.2) is 0 Å². The van der Waals surface area contributed by atoms with Crippen molar-refractivity contribution in [2.75, 3.05) is 6.54 Å². The molecule has 1 unspecified atom stereocenters. The van der Waals surface area contributed by atoms with E-state index >= 15 is 0 Å². The van der Waals surface area contributed by atoms with Crippen molar-refractivity contribution in [3.8, 4) is 0 Å². The summed E-state index contributed by atoms with van der Waals surface area (Å²) in [6, 6.07) is 0.580. The zero-order chi connectivity index (χ0) is 29.1. The first-order valence-corrected chi connectivity index (χ1v) is 14.3. The summed E-state index contributed by atoms with van der Waals surface area (Å²) < 4.78 is 0. The predicted octanol–water partition coefficient (Wildman–Crippen LogP) is 11.3. The van der Waals surface area contributed by atoms with Crippen LogP contribution in [0.5, 0.6) is 0 Å². The van der Waals surface area contributed by atoms with Gasteiger partial charge in [0.25, 0.3) is 0 Å².